The number of ether oxygens (including phenoxy) is 1. The van der Waals surface area contributed by atoms with E-state index in [0.717, 1.165) is 23.3 Å². The third-order valence-corrected chi connectivity index (χ3v) is 3.56. The van der Waals surface area contributed by atoms with Crippen molar-refractivity contribution in [2.45, 2.75) is 18.8 Å². The lowest BCUT2D eigenvalue weighted by atomic mass is 9.92. The third-order valence-electron chi connectivity index (χ3n) is 2.94. The van der Waals surface area contributed by atoms with Crippen LogP contribution >= 0.6 is 15.9 Å². The van der Waals surface area contributed by atoms with Crippen LogP contribution in [0.25, 0.3) is 0 Å². The molecule has 1 N–H and O–H groups in total. The molecule has 82 valence electrons. The fourth-order valence-corrected chi connectivity index (χ4v) is 2.63. The highest BCUT2D eigenvalue weighted by Gasteiger charge is 2.15. The van der Waals surface area contributed by atoms with Crippen molar-refractivity contribution in [2.24, 2.45) is 0 Å². The lowest BCUT2D eigenvalue weighted by Crippen LogP contribution is -2.28. The highest BCUT2D eigenvalue weighted by Crippen LogP contribution is 2.31. The van der Waals surface area contributed by atoms with Gasteiger partial charge in [0.15, 0.2) is 0 Å². The monoisotopic (exact) mass is 269 g/mol. The lowest BCUT2D eigenvalue weighted by molar-refractivity contribution is 0.411. The molecule has 2 rings (SSSR count). The molecule has 1 unspecified atom stereocenters. The second-order valence-corrected chi connectivity index (χ2v) is 4.79. The van der Waals surface area contributed by atoms with E-state index in [1.807, 2.05) is 6.07 Å². The van der Waals surface area contributed by atoms with Crippen molar-refractivity contribution >= 4 is 15.9 Å². The topological polar surface area (TPSA) is 21.3 Å². The Hall–Kier alpha value is -0.540. The minimum Gasteiger partial charge on any atom is -0.496 e. The largest absolute Gasteiger partial charge is 0.496 e. The molecule has 3 heteroatoms. The molecule has 1 heterocycles. The van der Waals surface area contributed by atoms with Gasteiger partial charge in [-0.15, -0.1) is 0 Å². The fourth-order valence-electron chi connectivity index (χ4n) is 2.07. The number of methoxy groups -OCH3 is 1. The average molecular weight is 270 g/mol. The lowest BCUT2D eigenvalue weighted by Gasteiger charge is -2.23. The van der Waals surface area contributed by atoms with Crippen LogP contribution in [0, 0.1) is 0 Å². The van der Waals surface area contributed by atoms with Crippen LogP contribution < -0.4 is 10.1 Å². The van der Waals surface area contributed by atoms with Crippen molar-refractivity contribution in [1.29, 1.82) is 0 Å². The molecule has 1 aliphatic heterocycles. The molecule has 0 bridgehead atoms. The molecule has 0 aromatic heterocycles. The minimum absolute atomic E-state index is 0.654. The van der Waals surface area contributed by atoms with E-state index in [4.69, 9.17) is 4.74 Å². The Morgan fingerprint density at radius 1 is 1.47 bits per heavy atom. The van der Waals surface area contributed by atoms with Gasteiger partial charge in [0.1, 0.15) is 5.75 Å². The summed E-state index contributed by atoms with van der Waals surface area (Å²) in [5, 5.41) is 3.43. The minimum atomic E-state index is 0.654. The molecule has 1 atom stereocenters. The smallest absolute Gasteiger partial charge is 0.133 e. The molecular weight excluding hydrogens is 254 g/mol. The molecule has 1 fully saturated rings. The van der Waals surface area contributed by atoms with Gasteiger partial charge in [0.05, 0.1) is 11.6 Å². The predicted octanol–water partition coefficient (Wildman–Crippen LogP) is 2.92. The molecule has 0 aliphatic carbocycles. The van der Waals surface area contributed by atoms with E-state index in [2.05, 4.69) is 33.4 Å². The summed E-state index contributed by atoms with van der Waals surface area (Å²) in [4.78, 5) is 0. The molecule has 0 spiro atoms. The van der Waals surface area contributed by atoms with Crippen molar-refractivity contribution in [1.82, 2.24) is 5.32 Å². The first-order chi connectivity index (χ1) is 7.31. The summed E-state index contributed by atoms with van der Waals surface area (Å²) in [6, 6.07) is 6.38. The van der Waals surface area contributed by atoms with E-state index >= 15 is 0 Å². The summed E-state index contributed by atoms with van der Waals surface area (Å²) in [6.45, 7) is 2.26. The van der Waals surface area contributed by atoms with E-state index in [1.54, 1.807) is 7.11 Å². The number of rotatable bonds is 2. The summed E-state index contributed by atoms with van der Waals surface area (Å²) in [5.41, 5.74) is 1.40. The second-order valence-electron chi connectivity index (χ2n) is 3.94. The van der Waals surface area contributed by atoms with Crippen LogP contribution in [0.4, 0.5) is 0 Å². The van der Waals surface area contributed by atoms with E-state index < -0.39 is 0 Å². The molecule has 1 aliphatic rings. The van der Waals surface area contributed by atoms with Gasteiger partial charge in [0, 0.05) is 6.54 Å². The molecule has 15 heavy (non-hydrogen) atoms. The quantitative estimate of drug-likeness (QED) is 0.892. The van der Waals surface area contributed by atoms with Crippen LogP contribution in [0.1, 0.15) is 24.3 Å². The standard InChI is InChI=1S/C12H16BrNO/c1-15-12-5-4-9(7-11(12)13)10-3-2-6-14-8-10/h4-5,7,10,14H,2-3,6,8H2,1H3. The van der Waals surface area contributed by atoms with E-state index in [-0.39, 0.29) is 0 Å². The maximum atomic E-state index is 5.22. The SMILES string of the molecule is COc1ccc(C2CCCNC2)cc1Br. The average Bonchev–Trinajstić information content (AvgIpc) is 2.30. The Morgan fingerprint density at radius 2 is 2.33 bits per heavy atom. The van der Waals surface area contributed by atoms with Gasteiger partial charge >= 0.3 is 0 Å². The zero-order chi connectivity index (χ0) is 10.7. The molecule has 1 saturated heterocycles. The number of hydrogen-bond acceptors (Lipinski definition) is 2. The van der Waals surface area contributed by atoms with Gasteiger partial charge in [0.25, 0.3) is 0 Å². The van der Waals surface area contributed by atoms with E-state index in [9.17, 15) is 0 Å². The number of hydrogen-bond donors (Lipinski definition) is 1. The third kappa shape index (κ3) is 2.52. The number of piperidine rings is 1. The Labute approximate surface area is 99.1 Å². The van der Waals surface area contributed by atoms with Gasteiger partial charge < -0.3 is 10.1 Å². The first-order valence-corrected chi connectivity index (χ1v) is 6.14. The van der Waals surface area contributed by atoms with Crippen LogP contribution in [0.5, 0.6) is 5.75 Å². The molecular formula is C12H16BrNO. The highest BCUT2D eigenvalue weighted by atomic mass is 79.9. The number of halogens is 1. The number of benzene rings is 1. The maximum absolute atomic E-state index is 5.22. The molecule has 0 saturated carbocycles. The van der Waals surface area contributed by atoms with Crippen molar-refractivity contribution in [3.05, 3.63) is 28.2 Å². The molecule has 2 nitrogen and oxygen atoms in total. The Bertz CT molecular complexity index is 334. The zero-order valence-corrected chi connectivity index (χ0v) is 10.5. The highest BCUT2D eigenvalue weighted by molar-refractivity contribution is 9.10. The van der Waals surface area contributed by atoms with Crippen LogP contribution in [0.2, 0.25) is 0 Å². The van der Waals surface area contributed by atoms with Crippen LogP contribution in [0.15, 0.2) is 22.7 Å². The van der Waals surface area contributed by atoms with Gasteiger partial charge in [-0.1, -0.05) is 6.07 Å². The van der Waals surface area contributed by atoms with E-state index in [0.29, 0.717) is 5.92 Å². The van der Waals surface area contributed by atoms with Crippen molar-refractivity contribution in [3.8, 4) is 5.75 Å². The van der Waals surface area contributed by atoms with Gasteiger partial charge in [-0.05, 0) is 58.9 Å². The van der Waals surface area contributed by atoms with Crippen molar-refractivity contribution in [2.75, 3.05) is 20.2 Å². The molecule has 0 radical (unpaired) electrons. The van der Waals surface area contributed by atoms with Crippen LogP contribution in [0.3, 0.4) is 0 Å². The maximum Gasteiger partial charge on any atom is 0.133 e. The summed E-state index contributed by atoms with van der Waals surface area (Å²) < 4.78 is 6.27. The zero-order valence-electron chi connectivity index (χ0n) is 8.92. The van der Waals surface area contributed by atoms with Gasteiger partial charge in [-0.25, -0.2) is 0 Å². The van der Waals surface area contributed by atoms with Crippen LogP contribution in [-0.4, -0.2) is 20.2 Å². The Balaban J connectivity index is 2.17. The fraction of sp³-hybridized carbons (Fsp3) is 0.500. The second kappa shape index (κ2) is 4.99. The normalized spacial score (nSPS) is 21.3. The van der Waals surface area contributed by atoms with Crippen LogP contribution in [-0.2, 0) is 0 Å². The summed E-state index contributed by atoms with van der Waals surface area (Å²) in [7, 11) is 1.70. The summed E-state index contributed by atoms with van der Waals surface area (Å²) in [6.07, 6.45) is 2.56. The Kier molecular flexibility index (Phi) is 3.65. The predicted molar refractivity (Wildman–Crippen MR) is 65.5 cm³/mol. The van der Waals surface area contributed by atoms with Crippen molar-refractivity contribution in [3.63, 3.8) is 0 Å². The first kappa shape index (κ1) is 11.0. The molecule has 0 amide bonds. The molecule has 1 aromatic carbocycles. The molecule has 1 aromatic rings. The summed E-state index contributed by atoms with van der Waals surface area (Å²) >= 11 is 3.53. The first-order valence-electron chi connectivity index (χ1n) is 5.35. The van der Waals surface area contributed by atoms with Crippen molar-refractivity contribution < 1.29 is 4.74 Å². The van der Waals surface area contributed by atoms with Gasteiger partial charge in [-0.2, -0.15) is 0 Å². The van der Waals surface area contributed by atoms with Gasteiger partial charge in [0.2, 0.25) is 0 Å². The van der Waals surface area contributed by atoms with E-state index in [1.165, 1.54) is 18.4 Å². The van der Waals surface area contributed by atoms with Gasteiger partial charge in [-0.3, -0.25) is 0 Å². The Morgan fingerprint density at radius 3 is 2.93 bits per heavy atom. The number of nitrogens with one attached hydrogen (secondary N) is 1. The summed E-state index contributed by atoms with van der Waals surface area (Å²) in [5.74, 6) is 1.56.